The summed E-state index contributed by atoms with van der Waals surface area (Å²) in [5, 5.41) is 1.07. The second kappa shape index (κ2) is 5.39. The summed E-state index contributed by atoms with van der Waals surface area (Å²) in [5.41, 5.74) is 3.80. The van der Waals surface area contributed by atoms with Gasteiger partial charge in [0.2, 0.25) is 0 Å². The summed E-state index contributed by atoms with van der Waals surface area (Å²) in [6.07, 6.45) is 0. The van der Waals surface area contributed by atoms with Gasteiger partial charge < -0.3 is 9.30 Å². The average molecular weight is 303 g/mol. The van der Waals surface area contributed by atoms with E-state index in [0.29, 0.717) is 6.61 Å². The summed E-state index contributed by atoms with van der Waals surface area (Å²) in [6, 6.07) is 18.2. The number of nitrogens with zero attached hydrogens (tertiary/aromatic N) is 3. The molecule has 0 N–H and O–H groups in total. The fraction of sp³-hybridized carbons (Fsp3) is 0.158. The molecule has 0 fully saturated rings. The molecule has 0 saturated heterocycles. The van der Waals surface area contributed by atoms with Crippen molar-refractivity contribution in [1.82, 2.24) is 14.5 Å². The largest absolute Gasteiger partial charge is 0.492 e. The molecule has 2 aromatic carbocycles. The van der Waals surface area contributed by atoms with E-state index in [9.17, 15) is 0 Å². The smallest absolute Gasteiger partial charge is 0.159 e. The van der Waals surface area contributed by atoms with Gasteiger partial charge in [0.05, 0.1) is 17.6 Å². The molecule has 0 amide bonds. The van der Waals surface area contributed by atoms with Gasteiger partial charge in [-0.2, -0.15) is 0 Å². The molecule has 0 saturated carbocycles. The molecule has 23 heavy (non-hydrogen) atoms. The Morgan fingerprint density at radius 2 is 1.83 bits per heavy atom. The Labute approximate surface area is 134 Å². The Kier molecular flexibility index (Phi) is 3.23. The zero-order chi connectivity index (χ0) is 15.8. The summed E-state index contributed by atoms with van der Waals surface area (Å²) in [4.78, 5) is 9.54. The molecule has 2 heterocycles. The third-order valence-electron chi connectivity index (χ3n) is 4.00. The monoisotopic (exact) mass is 303 g/mol. The first-order valence-electron chi connectivity index (χ1n) is 7.72. The molecule has 0 radical (unpaired) electrons. The van der Waals surface area contributed by atoms with Crippen LogP contribution in [-0.2, 0) is 7.05 Å². The van der Waals surface area contributed by atoms with Crippen LogP contribution in [0.15, 0.2) is 54.6 Å². The van der Waals surface area contributed by atoms with Gasteiger partial charge in [0.25, 0.3) is 0 Å². The van der Waals surface area contributed by atoms with Crippen LogP contribution < -0.4 is 4.74 Å². The lowest BCUT2D eigenvalue weighted by Gasteiger charge is -2.08. The molecule has 0 bridgehead atoms. The molecule has 114 valence electrons. The lowest BCUT2D eigenvalue weighted by molar-refractivity contribution is 0.343. The standard InChI is InChI=1S/C19H17N3O/c1-3-23-17-10-6-7-13-11-12-15(20-18(13)17)19-21-14-8-4-5-9-16(14)22(19)2/h4-12H,3H2,1-2H3. The zero-order valence-corrected chi connectivity index (χ0v) is 13.2. The van der Waals surface area contributed by atoms with E-state index in [-0.39, 0.29) is 0 Å². The number of aryl methyl sites for hydroxylation is 1. The normalized spacial score (nSPS) is 11.2. The molecule has 4 rings (SSSR count). The number of hydrogen-bond donors (Lipinski definition) is 0. The molecular formula is C19H17N3O. The molecule has 4 aromatic rings. The highest BCUT2D eigenvalue weighted by Gasteiger charge is 2.12. The zero-order valence-electron chi connectivity index (χ0n) is 13.2. The van der Waals surface area contributed by atoms with Gasteiger partial charge >= 0.3 is 0 Å². The van der Waals surface area contributed by atoms with Crippen molar-refractivity contribution in [3.8, 4) is 17.3 Å². The van der Waals surface area contributed by atoms with Crippen molar-refractivity contribution in [2.45, 2.75) is 6.92 Å². The van der Waals surface area contributed by atoms with Crippen molar-refractivity contribution in [1.29, 1.82) is 0 Å². The molecule has 0 aliphatic rings. The van der Waals surface area contributed by atoms with Crippen molar-refractivity contribution in [3.63, 3.8) is 0 Å². The number of imidazole rings is 1. The fourth-order valence-electron chi connectivity index (χ4n) is 2.89. The van der Waals surface area contributed by atoms with Gasteiger partial charge in [0.15, 0.2) is 5.82 Å². The van der Waals surface area contributed by atoms with E-state index in [1.54, 1.807) is 0 Å². The van der Waals surface area contributed by atoms with Crippen molar-refractivity contribution in [3.05, 3.63) is 54.6 Å². The van der Waals surface area contributed by atoms with Gasteiger partial charge in [-0.3, -0.25) is 0 Å². The van der Waals surface area contributed by atoms with Crippen molar-refractivity contribution in [2.75, 3.05) is 6.61 Å². The summed E-state index contributed by atoms with van der Waals surface area (Å²) < 4.78 is 7.79. The first-order valence-corrected chi connectivity index (χ1v) is 7.72. The summed E-state index contributed by atoms with van der Waals surface area (Å²) >= 11 is 0. The maximum atomic E-state index is 5.71. The van der Waals surface area contributed by atoms with E-state index in [2.05, 4.69) is 16.7 Å². The first kappa shape index (κ1) is 13.8. The molecular weight excluding hydrogens is 286 g/mol. The van der Waals surface area contributed by atoms with E-state index < -0.39 is 0 Å². The van der Waals surface area contributed by atoms with E-state index in [1.807, 2.05) is 56.4 Å². The molecule has 2 aromatic heterocycles. The lowest BCUT2D eigenvalue weighted by Crippen LogP contribution is -1.97. The molecule has 0 aliphatic heterocycles. The highest BCUT2D eigenvalue weighted by atomic mass is 16.5. The van der Waals surface area contributed by atoms with Crippen LogP contribution in [0, 0.1) is 0 Å². The maximum absolute atomic E-state index is 5.71. The van der Waals surface area contributed by atoms with Gasteiger partial charge in [0, 0.05) is 12.4 Å². The third-order valence-corrected chi connectivity index (χ3v) is 4.00. The number of fused-ring (bicyclic) bond motifs is 2. The van der Waals surface area contributed by atoms with E-state index >= 15 is 0 Å². The average Bonchev–Trinajstić information content (AvgIpc) is 2.92. The SMILES string of the molecule is CCOc1cccc2ccc(-c3nc4ccccc4n3C)nc12. The van der Waals surface area contributed by atoms with Crippen molar-refractivity contribution >= 4 is 21.9 Å². The minimum absolute atomic E-state index is 0.622. The van der Waals surface area contributed by atoms with Crippen LogP contribution in [0.2, 0.25) is 0 Å². The van der Waals surface area contributed by atoms with Crippen molar-refractivity contribution < 1.29 is 4.74 Å². The Balaban J connectivity index is 1.94. The number of rotatable bonds is 3. The number of pyridine rings is 1. The van der Waals surface area contributed by atoms with Crippen LogP contribution in [0.5, 0.6) is 5.75 Å². The number of hydrogen-bond acceptors (Lipinski definition) is 3. The van der Waals surface area contributed by atoms with E-state index in [1.165, 1.54) is 0 Å². The molecule has 0 unspecified atom stereocenters. The van der Waals surface area contributed by atoms with Crippen LogP contribution in [0.3, 0.4) is 0 Å². The summed E-state index contributed by atoms with van der Waals surface area (Å²) in [6.45, 7) is 2.60. The van der Waals surface area contributed by atoms with E-state index in [0.717, 1.165) is 39.2 Å². The fourth-order valence-corrected chi connectivity index (χ4v) is 2.89. The topological polar surface area (TPSA) is 39.9 Å². The maximum Gasteiger partial charge on any atom is 0.159 e. The first-order chi connectivity index (χ1) is 11.3. The molecule has 0 spiro atoms. The highest BCUT2D eigenvalue weighted by Crippen LogP contribution is 2.28. The third kappa shape index (κ3) is 2.23. The van der Waals surface area contributed by atoms with Gasteiger partial charge in [-0.25, -0.2) is 9.97 Å². The van der Waals surface area contributed by atoms with Gasteiger partial charge in [0.1, 0.15) is 17.0 Å². The Bertz CT molecular complexity index is 1000. The highest BCUT2D eigenvalue weighted by molar-refractivity contribution is 5.87. The Morgan fingerprint density at radius 3 is 2.65 bits per heavy atom. The van der Waals surface area contributed by atoms with E-state index in [4.69, 9.17) is 14.7 Å². The van der Waals surface area contributed by atoms with Gasteiger partial charge in [-0.15, -0.1) is 0 Å². The van der Waals surface area contributed by atoms with Gasteiger partial charge in [-0.05, 0) is 31.2 Å². The lowest BCUT2D eigenvalue weighted by atomic mass is 10.2. The minimum Gasteiger partial charge on any atom is -0.492 e. The second-order valence-electron chi connectivity index (χ2n) is 5.44. The predicted molar refractivity (Wildman–Crippen MR) is 92.6 cm³/mol. The number of aromatic nitrogens is 3. The second-order valence-corrected chi connectivity index (χ2v) is 5.44. The molecule has 4 heteroatoms. The molecule has 0 atom stereocenters. The molecule has 4 nitrogen and oxygen atoms in total. The van der Waals surface area contributed by atoms with Gasteiger partial charge in [-0.1, -0.05) is 30.3 Å². The number of ether oxygens (including phenoxy) is 1. The number of para-hydroxylation sites is 3. The quantitative estimate of drug-likeness (QED) is 0.570. The van der Waals surface area contributed by atoms with Crippen LogP contribution >= 0.6 is 0 Å². The summed E-state index contributed by atoms with van der Waals surface area (Å²) in [5.74, 6) is 1.67. The van der Waals surface area contributed by atoms with Crippen LogP contribution in [0.1, 0.15) is 6.92 Å². The molecule has 0 aliphatic carbocycles. The van der Waals surface area contributed by atoms with Crippen molar-refractivity contribution in [2.24, 2.45) is 7.05 Å². The van der Waals surface area contributed by atoms with Crippen LogP contribution in [0.25, 0.3) is 33.5 Å². The van der Waals surface area contributed by atoms with Crippen LogP contribution in [-0.4, -0.2) is 21.1 Å². The number of benzene rings is 2. The minimum atomic E-state index is 0.622. The Hall–Kier alpha value is -2.88. The Morgan fingerprint density at radius 1 is 0.957 bits per heavy atom. The predicted octanol–water partition coefficient (Wildman–Crippen LogP) is 4.19. The summed E-state index contributed by atoms with van der Waals surface area (Å²) in [7, 11) is 2.02. The van der Waals surface area contributed by atoms with Crippen LogP contribution in [0.4, 0.5) is 0 Å².